The average molecular weight is 354 g/mol. The van der Waals surface area contributed by atoms with Crippen LogP contribution in [0.1, 0.15) is 55.6 Å². The van der Waals surface area contributed by atoms with Crippen molar-refractivity contribution in [1.29, 1.82) is 0 Å². The van der Waals surface area contributed by atoms with E-state index in [1.165, 1.54) is 6.07 Å². The van der Waals surface area contributed by atoms with E-state index in [-0.39, 0.29) is 27.7 Å². The molecular formula is C16H17Cl2N3O2. The van der Waals surface area contributed by atoms with Crippen LogP contribution in [0, 0.1) is 5.41 Å². The van der Waals surface area contributed by atoms with Gasteiger partial charge < -0.3 is 5.73 Å². The number of hydrogen-bond donors (Lipinski definition) is 1. The zero-order chi connectivity index (χ0) is 16.6. The number of nitrogens with two attached hydrogens (primary N) is 1. The van der Waals surface area contributed by atoms with Gasteiger partial charge in [0.15, 0.2) is 0 Å². The Labute approximate surface area is 144 Å². The number of Topliss-reactive ketones (excluding diaryl/α,β-unsaturated/α-hetero) is 2. The van der Waals surface area contributed by atoms with Crippen molar-refractivity contribution in [3.8, 4) is 0 Å². The molecule has 1 aromatic heterocycles. The summed E-state index contributed by atoms with van der Waals surface area (Å²) in [7, 11) is 0. The molecule has 1 saturated carbocycles. The van der Waals surface area contributed by atoms with Crippen LogP contribution in [0.15, 0.2) is 17.3 Å². The fourth-order valence-corrected chi connectivity index (χ4v) is 4.05. The van der Waals surface area contributed by atoms with Gasteiger partial charge in [-0.3, -0.25) is 9.59 Å². The molecule has 0 amide bonds. The largest absolute Gasteiger partial charge is 0.401 e. The van der Waals surface area contributed by atoms with Crippen LogP contribution >= 0.6 is 23.2 Å². The van der Waals surface area contributed by atoms with Gasteiger partial charge in [0.1, 0.15) is 16.1 Å². The quantitative estimate of drug-likeness (QED) is 0.649. The van der Waals surface area contributed by atoms with Gasteiger partial charge in [-0.15, -0.1) is 0 Å². The van der Waals surface area contributed by atoms with Gasteiger partial charge in [0.25, 0.3) is 0 Å². The number of nitrogens with zero attached hydrogens (tertiary/aromatic N) is 2. The minimum atomic E-state index is -0.677. The maximum atomic E-state index is 12.8. The summed E-state index contributed by atoms with van der Waals surface area (Å²) in [5.74, 6) is -0.304. The maximum absolute atomic E-state index is 12.8. The van der Waals surface area contributed by atoms with Crippen molar-refractivity contribution in [3.05, 3.63) is 33.5 Å². The molecule has 23 heavy (non-hydrogen) atoms. The second kappa shape index (κ2) is 6.21. The monoisotopic (exact) mass is 353 g/mol. The highest BCUT2D eigenvalue weighted by Crippen LogP contribution is 2.47. The molecule has 2 N–H and O–H groups in total. The standard InChI is InChI=1S/C16H17Cl2N3O2/c17-11-8-12(18)21-15(20-11)13(23)9-4-3-7-16(14(9)19)6-2-1-5-10(16)22/h8H,1-7,19H2/t16-/m1/s1. The molecule has 0 bridgehead atoms. The van der Waals surface area contributed by atoms with E-state index in [1.54, 1.807) is 0 Å². The highest BCUT2D eigenvalue weighted by molar-refractivity contribution is 6.33. The Kier molecular flexibility index (Phi) is 4.43. The van der Waals surface area contributed by atoms with E-state index in [0.717, 1.165) is 19.3 Å². The zero-order valence-electron chi connectivity index (χ0n) is 12.6. The predicted octanol–water partition coefficient (Wildman–Crippen LogP) is 3.49. The van der Waals surface area contributed by atoms with Crippen LogP contribution in [0.2, 0.25) is 10.3 Å². The second-order valence-electron chi connectivity index (χ2n) is 6.12. The zero-order valence-corrected chi connectivity index (χ0v) is 14.1. The Morgan fingerprint density at radius 3 is 2.39 bits per heavy atom. The number of ketones is 2. The number of carbonyl (C=O) groups excluding carboxylic acids is 2. The molecule has 2 aliphatic rings. The van der Waals surface area contributed by atoms with Gasteiger partial charge in [0.2, 0.25) is 11.6 Å². The highest BCUT2D eigenvalue weighted by atomic mass is 35.5. The van der Waals surface area contributed by atoms with Crippen molar-refractivity contribution < 1.29 is 9.59 Å². The van der Waals surface area contributed by atoms with Crippen molar-refractivity contribution in [3.63, 3.8) is 0 Å². The Bertz CT molecular complexity index is 697. The van der Waals surface area contributed by atoms with Crippen molar-refractivity contribution >= 4 is 34.8 Å². The lowest BCUT2D eigenvalue weighted by atomic mass is 9.64. The van der Waals surface area contributed by atoms with Crippen molar-refractivity contribution in [1.82, 2.24) is 9.97 Å². The first-order valence-electron chi connectivity index (χ1n) is 7.71. The number of carbonyl (C=O) groups is 2. The maximum Gasteiger partial charge on any atom is 0.228 e. The lowest BCUT2D eigenvalue weighted by Gasteiger charge is -2.40. The first kappa shape index (κ1) is 16.4. The fraction of sp³-hybridized carbons (Fsp3) is 0.500. The lowest BCUT2D eigenvalue weighted by Crippen LogP contribution is -2.42. The number of halogens is 2. The van der Waals surface area contributed by atoms with E-state index in [1.807, 2.05) is 0 Å². The molecule has 0 unspecified atom stereocenters. The van der Waals surface area contributed by atoms with Crippen LogP contribution in [0.4, 0.5) is 0 Å². The number of allylic oxidation sites excluding steroid dienone is 2. The van der Waals surface area contributed by atoms with E-state index in [9.17, 15) is 9.59 Å². The summed E-state index contributed by atoms with van der Waals surface area (Å²) in [5.41, 5.74) is 6.47. The van der Waals surface area contributed by atoms with Crippen LogP contribution in [0.3, 0.4) is 0 Å². The first-order chi connectivity index (χ1) is 10.9. The van der Waals surface area contributed by atoms with E-state index in [0.29, 0.717) is 37.0 Å². The topological polar surface area (TPSA) is 85.9 Å². The predicted molar refractivity (Wildman–Crippen MR) is 87.4 cm³/mol. The van der Waals surface area contributed by atoms with Gasteiger partial charge in [0, 0.05) is 23.8 Å². The molecule has 0 aliphatic heterocycles. The summed E-state index contributed by atoms with van der Waals surface area (Å²) in [6.45, 7) is 0. The van der Waals surface area contributed by atoms with Crippen LogP contribution in [-0.4, -0.2) is 21.5 Å². The third-order valence-electron chi connectivity index (χ3n) is 4.80. The average Bonchev–Trinajstić information content (AvgIpc) is 2.51. The van der Waals surface area contributed by atoms with Crippen LogP contribution < -0.4 is 5.73 Å². The summed E-state index contributed by atoms with van der Waals surface area (Å²) < 4.78 is 0. The Balaban J connectivity index is 2.03. The van der Waals surface area contributed by atoms with Gasteiger partial charge in [-0.05, 0) is 32.1 Å². The lowest BCUT2D eigenvalue weighted by molar-refractivity contribution is -0.129. The van der Waals surface area contributed by atoms with Crippen molar-refractivity contribution in [2.75, 3.05) is 0 Å². The SMILES string of the molecule is NC1=C(C(=O)c2nc(Cl)cc(Cl)n2)CCC[C@@]12CCCCC2=O. The van der Waals surface area contributed by atoms with E-state index in [4.69, 9.17) is 28.9 Å². The molecule has 1 aromatic rings. The normalized spacial score (nSPS) is 25.0. The Morgan fingerprint density at radius 2 is 1.74 bits per heavy atom. The third-order valence-corrected chi connectivity index (χ3v) is 5.19. The molecule has 2 aliphatic carbocycles. The van der Waals surface area contributed by atoms with Gasteiger partial charge in [-0.1, -0.05) is 29.6 Å². The van der Waals surface area contributed by atoms with E-state index < -0.39 is 5.41 Å². The Morgan fingerprint density at radius 1 is 1.09 bits per heavy atom. The number of rotatable bonds is 2. The molecule has 0 radical (unpaired) electrons. The molecular weight excluding hydrogens is 337 g/mol. The van der Waals surface area contributed by atoms with E-state index in [2.05, 4.69) is 9.97 Å². The smallest absolute Gasteiger partial charge is 0.228 e. The summed E-state index contributed by atoms with van der Waals surface area (Å²) in [6.07, 6.45) is 5.07. The van der Waals surface area contributed by atoms with Gasteiger partial charge in [-0.25, -0.2) is 9.97 Å². The van der Waals surface area contributed by atoms with E-state index >= 15 is 0 Å². The molecule has 0 saturated heterocycles. The summed E-state index contributed by atoms with van der Waals surface area (Å²) in [4.78, 5) is 33.1. The molecule has 1 spiro atoms. The summed E-state index contributed by atoms with van der Waals surface area (Å²) in [6, 6.07) is 1.37. The second-order valence-corrected chi connectivity index (χ2v) is 6.90. The molecule has 3 rings (SSSR count). The minimum absolute atomic E-state index is 0.0687. The van der Waals surface area contributed by atoms with Crippen LogP contribution in [0.25, 0.3) is 0 Å². The van der Waals surface area contributed by atoms with Gasteiger partial charge in [0.05, 0.1) is 5.41 Å². The van der Waals surface area contributed by atoms with Crippen LogP contribution in [-0.2, 0) is 4.79 Å². The third kappa shape index (κ3) is 2.88. The fourth-order valence-electron chi connectivity index (χ4n) is 3.63. The van der Waals surface area contributed by atoms with Gasteiger partial charge in [-0.2, -0.15) is 0 Å². The van der Waals surface area contributed by atoms with Crippen molar-refractivity contribution in [2.24, 2.45) is 11.1 Å². The van der Waals surface area contributed by atoms with Gasteiger partial charge >= 0.3 is 0 Å². The highest BCUT2D eigenvalue weighted by Gasteiger charge is 2.45. The summed E-state index contributed by atoms with van der Waals surface area (Å²) in [5, 5.41) is 0.207. The molecule has 1 atom stereocenters. The minimum Gasteiger partial charge on any atom is -0.401 e. The summed E-state index contributed by atoms with van der Waals surface area (Å²) >= 11 is 11.7. The first-order valence-corrected chi connectivity index (χ1v) is 8.47. The molecule has 0 aromatic carbocycles. The van der Waals surface area contributed by atoms with Crippen molar-refractivity contribution in [2.45, 2.75) is 44.9 Å². The molecule has 7 heteroatoms. The van der Waals surface area contributed by atoms with Crippen LogP contribution in [0.5, 0.6) is 0 Å². The number of hydrogen-bond acceptors (Lipinski definition) is 5. The molecule has 1 fully saturated rings. The molecule has 1 heterocycles. The Hall–Kier alpha value is -1.46. The molecule has 122 valence electrons. The number of aromatic nitrogens is 2. The molecule has 5 nitrogen and oxygen atoms in total.